The third-order valence-corrected chi connectivity index (χ3v) is 7.54. The first-order valence-electron chi connectivity index (χ1n) is 10.8. The molecule has 0 bridgehead atoms. The number of hydrogen-bond donors (Lipinski definition) is 2. The quantitative estimate of drug-likeness (QED) is 0.492. The van der Waals surface area contributed by atoms with Gasteiger partial charge in [0, 0.05) is 5.41 Å². The molecule has 4 heteroatoms. The van der Waals surface area contributed by atoms with E-state index in [4.69, 9.17) is 23.2 Å². The smallest absolute Gasteiger partial charge is 0.134 e. The van der Waals surface area contributed by atoms with Gasteiger partial charge < -0.3 is 10.2 Å². The Kier molecular flexibility index (Phi) is 6.43. The van der Waals surface area contributed by atoms with Gasteiger partial charge in [-0.15, -0.1) is 0 Å². The van der Waals surface area contributed by atoms with Gasteiger partial charge in [-0.05, 0) is 84.2 Å². The molecule has 1 saturated carbocycles. The molecule has 0 unspecified atom stereocenters. The molecule has 0 amide bonds. The van der Waals surface area contributed by atoms with E-state index in [1.165, 1.54) is 6.42 Å². The number of aromatic hydroxyl groups is 2. The summed E-state index contributed by atoms with van der Waals surface area (Å²) in [6.07, 6.45) is 5.37. The molecule has 2 nitrogen and oxygen atoms in total. The minimum Gasteiger partial charge on any atom is -0.506 e. The van der Waals surface area contributed by atoms with Crippen LogP contribution in [-0.4, -0.2) is 10.2 Å². The summed E-state index contributed by atoms with van der Waals surface area (Å²) in [5.41, 5.74) is 2.53. The lowest BCUT2D eigenvalue weighted by Gasteiger charge is -2.47. The molecule has 0 atom stereocenters. The van der Waals surface area contributed by atoms with Gasteiger partial charge in [0.05, 0.1) is 10.0 Å². The van der Waals surface area contributed by atoms with Crippen LogP contribution in [0.5, 0.6) is 11.5 Å². The van der Waals surface area contributed by atoms with Gasteiger partial charge in [0.2, 0.25) is 0 Å². The molecule has 0 aromatic heterocycles. The zero-order chi connectivity index (χ0) is 22.3. The highest BCUT2D eigenvalue weighted by atomic mass is 35.5. The maximum absolute atomic E-state index is 9.95. The van der Waals surface area contributed by atoms with Crippen LogP contribution in [0.3, 0.4) is 0 Å². The lowest BCUT2D eigenvalue weighted by Crippen LogP contribution is -2.38. The Balaban J connectivity index is 1.99. The maximum atomic E-state index is 9.95. The normalized spacial score (nSPS) is 17.8. The highest BCUT2D eigenvalue weighted by molar-refractivity contribution is 6.32. The second-order valence-corrected chi connectivity index (χ2v) is 11.7. The number of hydrogen-bond acceptors (Lipinski definition) is 2. The number of phenolic OH excluding ortho intramolecular Hbond substituents is 2. The fourth-order valence-corrected chi connectivity index (χ4v) is 6.12. The predicted molar refractivity (Wildman–Crippen MR) is 127 cm³/mol. The molecule has 164 valence electrons. The van der Waals surface area contributed by atoms with Crippen molar-refractivity contribution < 1.29 is 10.2 Å². The number of halogens is 2. The summed E-state index contributed by atoms with van der Waals surface area (Å²) in [6.45, 7) is 11.8. The van der Waals surface area contributed by atoms with Crippen LogP contribution in [-0.2, 0) is 5.41 Å². The Morgan fingerprint density at radius 1 is 0.833 bits per heavy atom. The fraction of sp³-hybridized carbons (Fsp3) is 0.538. The Bertz CT molecular complexity index is 850. The Morgan fingerprint density at radius 3 is 1.63 bits per heavy atom. The van der Waals surface area contributed by atoms with Gasteiger partial charge in [0.25, 0.3) is 0 Å². The zero-order valence-corrected chi connectivity index (χ0v) is 20.2. The van der Waals surface area contributed by atoms with Gasteiger partial charge in [-0.1, -0.05) is 70.0 Å². The van der Waals surface area contributed by atoms with Crippen molar-refractivity contribution in [3.8, 4) is 11.5 Å². The van der Waals surface area contributed by atoms with Crippen molar-refractivity contribution in [1.29, 1.82) is 0 Å². The predicted octanol–water partition coefficient (Wildman–Crippen LogP) is 8.34. The number of rotatable bonds is 4. The molecular weight excluding hydrogens is 415 g/mol. The Hall–Kier alpha value is -1.38. The van der Waals surface area contributed by atoms with Crippen molar-refractivity contribution in [2.45, 2.75) is 72.1 Å². The van der Waals surface area contributed by atoms with E-state index in [9.17, 15) is 10.2 Å². The second-order valence-electron chi connectivity index (χ2n) is 10.9. The van der Waals surface area contributed by atoms with Crippen LogP contribution >= 0.6 is 23.2 Å². The first-order valence-corrected chi connectivity index (χ1v) is 11.6. The summed E-state index contributed by atoms with van der Waals surface area (Å²) in [7, 11) is 0. The highest BCUT2D eigenvalue weighted by Gasteiger charge is 2.43. The molecule has 1 aliphatic rings. The molecule has 1 aliphatic carbocycles. The third-order valence-electron chi connectivity index (χ3n) is 6.93. The van der Waals surface area contributed by atoms with Crippen molar-refractivity contribution >= 4 is 23.2 Å². The van der Waals surface area contributed by atoms with E-state index in [2.05, 4.69) is 34.6 Å². The molecule has 0 spiro atoms. The molecule has 0 aliphatic heterocycles. The average Bonchev–Trinajstić information content (AvgIpc) is 2.64. The van der Waals surface area contributed by atoms with Crippen molar-refractivity contribution in [1.82, 2.24) is 0 Å². The minimum atomic E-state index is -0.233. The second kappa shape index (κ2) is 8.28. The number of benzene rings is 2. The van der Waals surface area contributed by atoms with Crippen LogP contribution in [0.25, 0.3) is 0 Å². The van der Waals surface area contributed by atoms with E-state index in [-0.39, 0.29) is 22.3 Å². The molecule has 2 aromatic rings. The lowest BCUT2D eigenvalue weighted by molar-refractivity contribution is 0.0833. The first kappa shape index (κ1) is 23.3. The molecule has 3 rings (SSSR count). The molecular formula is C26H34Cl2O2. The first-order chi connectivity index (χ1) is 13.8. The molecule has 2 aromatic carbocycles. The van der Waals surface area contributed by atoms with E-state index in [0.29, 0.717) is 21.4 Å². The van der Waals surface area contributed by atoms with Gasteiger partial charge in [-0.3, -0.25) is 0 Å². The molecule has 0 radical (unpaired) electrons. The molecule has 2 N–H and O–H groups in total. The van der Waals surface area contributed by atoms with Crippen LogP contribution in [0.4, 0.5) is 0 Å². The zero-order valence-electron chi connectivity index (χ0n) is 18.7. The summed E-state index contributed by atoms with van der Waals surface area (Å²) in [4.78, 5) is 0. The summed E-state index contributed by atoms with van der Waals surface area (Å²) in [5.74, 6) is 0.837. The van der Waals surface area contributed by atoms with E-state index >= 15 is 0 Å². The van der Waals surface area contributed by atoms with Gasteiger partial charge in [-0.25, -0.2) is 0 Å². The van der Waals surface area contributed by atoms with E-state index in [0.717, 1.165) is 36.8 Å². The highest BCUT2D eigenvalue weighted by Crippen LogP contribution is 2.53. The summed E-state index contributed by atoms with van der Waals surface area (Å²) in [6, 6.07) is 11.1. The summed E-state index contributed by atoms with van der Waals surface area (Å²) >= 11 is 12.6. The molecule has 0 saturated heterocycles. The maximum Gasteiger partial charge on any atom is 0.134 e. The SMILES string of the molecule is CC(C)(C)CC(C)(C)C1CCC(c2ccc(O)c(Cl)c2)(c2ccc(O)c(Cl)c2)CC1. The van der Waals surface area contributed by atoms with Crippen LogP contribution in [0.15, 0.2) is 36.4 Å². The van der Waals surface area contributed by atoms with Gasteiger partial charge in [-0.2, -0.15) is 0 Å². The largest absolute Gasteiger partial charge is 0.506 e. The number of phenols is 2. The summed E-state index contributed by atoms with van der Waals surface area (Å²) < 4.78 is 0. The van der Waals surface area contributed by atoms with Crippen LogP contribution in [0.2, 0.25) is 10.0 Å². The Labute approximate surface area is 191 Å². The van der Waals surface area contributed by atoms with Gasteiger partial charge in [0.15, 0.2) is 0 Å². The van der Waals surface area contributed by atoms with Gasteiger partial charge in [0.1, 0.15) is 11.5 Å². The third kappa shape index (κ3) is 4.75. The molecule has 30 heavy (non-hydrogen) atoms. The minimum absolute atomic E-state index is 0.0966. The fourth-order valence-electron chi connectivity index (χ4n) is 5.76. The van der Waals surface area contributed by atoms with E-state index < -0.39 is 0 Å². The average molecular weight is 449 g/mol. The monoisotopic (exact) mass is 448 g/mol. The van der Waals surface area contributed by atoms with Crippen molar-refractivity contribution in [3.05, 3.63) is 57.6 Å². The lowest BCUT2D eigenvalue weighted by atomic mass is 9.57. The van der Waals surface area contributed by atoms with E-state index in [1.54, 1.807) is 12.1 Å². The van der Waals surface area contributed by atoms with E-state index in [1.807, 2.05) is 24.3 Å². The van der Waals surface area contributed by atoms with Crippen LogP contribution in [0, 0.1) is 16.7 Å². The molecule has 0 heterocycles. The van der Waals surface area contributed by atoms with Crippen LogP contribution < -0.4 is 0 Å². The van der Waals surface area contributed by atoms with Crippen molar-refractivity contribution in [2.75, 3.05) is 0 Å². The topological polar surface area (TPSA) is 40.5 Å². The molecule has 1 fully saturated rings. The van der Waals surface area contributed by atoms with Gasteiger partial charge >= 0.3 is 0 Å². The Morgan fingerprint density at radius 2 is 1.27 bits per heavy atom. The van der Waals surface area contributed by atoms with Crippen LogP contribution in [0.1, 0.15) is 77.8 Å². The standard InChI is InChI=1S/C26H34Cl2O2/c1-24(2,3)16-25(4,5)17-10-12-26(13-11-17,18-6-8-22(29)20(27)14-18)19-7-9-23(30)21(28)15-19/h6-9,14-15,17,29-30H,10-13,16H2,1-5H3. The van der Waals surface area contributed by atoms with Crippen molar-refractivity contribution in [2.24, 2.45) is 16.7 Å². The summed E-state index contributed by atoms with van der Waals surface area (Å²) in [5, 5.41) is 20.6. The van der Waals surface area contributed by atoms with Crippen molar-refractivity contribution in [3.63, 3.8) is 0 Å².